The van der Waals surface area contributed by atoms with Crippen LogP contribution in [0.5, 0.6) is 0 Å². The first-order valence-electron chi connectivity index (χ1n) is 15.7. The van der Waals surface area contributed by atoms with Crippen molar-refractivity contribution < 1.29 is 23.5 Å². The number of benzene rings is 1. The second-order valence-corrected chi connectivity index (χ2v) is 12.6. The summed E-state index contributed by atoms with van der Waals surface area (Å²) in [5.41, 5.74) is 8.25. The minimum atomic E-state index is -0.520. The van der Waals surface area contributed by atoms with E-state index in [2.05, 4.69) is 0 Å². The van der Waals surface area contributed by atoms with Gasteiger partial charge in [0.1, 0.15) is 12.4 Å². The Hall–Kier alpha value is -2.74. The summed E-state index contributed by atoms with van der Waals surface area (Å²) in [6.45, 7) is 2.22. The van der Waals surface area contributed by atoms with Gasteiger partial charge in [-0.3, -0.25) is 9.59 Å². The van der Waals surface area contributed by atoms with Crippen LogP contribution in [-0.2, 0) is 27.8 Å². The average Bonchev–Trinajstić information content (AvgIpc) is 3.58. The molecule has 0 spiro atoms. The molecule has 41 heavy (non-hydrogen) atoms. The van der Waals surface area contributed by atoms with Crippen LogP contribution in [0.15, 0.2) is 24.3 Å². The Morgan fingerprint density at radius 2 is 1.76 bits per heavy atom. The molecule has 2 saturated carbocycles. The van der Waals surface area contributed by atoms with Crippen LogP contribution in [0, 0.1) is 23.7 Å². The first-order chi connectivity index (χ1) is 19.8. The topological polar surface area (TPSA) is 94.6 Å². The second kappa shape index (κ2) is 13.1. The Balaban J connectivity index is 1.35. The number of carbonyl (C=O) groups is 3. The molecule has 2 aliphatic carbocycles. The van der Waals surface area contributed by atoms with E-state index in [4.69, 9.17) is 10.5 Å². The van der Waals surface area contributed by atoms with E-state index in [-0.39, 0.29) is 41.8 Å². The molecule has 1 aliphatic heterocycles. The number of aryl methyl sites for hydroxylation is 1. The van der Waals surface area contributed by atoms with E-state index in [1.807, 2.05) is 40.8 Å². The normalized spacial score (nSPS) is 26.3. The van der Waals surface area contributed by atoms with E-state index in [9.17, 15) is 18.8 Å². The number of rotatable bonds is 9. The predicted octanol–water partition coefficient (Wildman–Crippen LogP) is 5.37. The van der Waals surface area contributed by atoms with Crippen molar-refractivity contribution in [1.29, 1.82) is 0 Å². The molecule has 1 amide bonds. The monoisotopic (exact) mass is 567 g/mol. The maximum atomic E-state index is 14.1. The van der Waals surface area contributed by atoms with Gasteiger partial charge < -0.3 is 19.9 Å². The number of carbonyl (C=O) groups excluding carboxylic acids is 3. The molecule has 3 fully saturated rings. The van der Waals surface area contributed by atoms with Crippen LogP contribution >= 0.6 is 0 Å². The van der Waals surface area contributed by atoms with Gasteiger partial charge in [-0.1, -0.05) is 38.2 Å². The molecule has 5 rings (SSSR count). The molecule has 1 unspecified atom stereocenters. The van der Waals surface area contributed by atoms with E-state index >= 15 is 0 Å². The molecule has 1 saturated heterocycles. The largest absolute Gasteiger partial charge is 0.461 e. The van der Waals surface area contributed by atoms with Gasteiger partial charge in [0.15, 0.2) is 5.78 Å². The van der Waals surface area contributed by atoms with Crippen molar-refractivity contribution in [1.82, 2.24) is 9.47 Å². The third-order valence-corrected chi connectivity index (χ3v) is 10.2. The van der Waals surface area contributed by atoms with Crippen LogP contribution in [0.3, 0.4) is 0 Å². The molecule has 1 aromatic carbocycles. The van der Waals surface area contributed by atoms with E-state index < -0.39 is 18.8 Å². The zero-order chi connectivity index (χ0) is 29.1. The third kappa shape index (κ3) is 6.23. The fourth-order valence-corrected chi connectivity index (χ4v) is 7.90. The number of likely N-dealkylation sites (tertiary alicyclic amines) is 1. The SMILES string of the molecule is CCOC(=O)c1cc2cc(CC(=O)[C@@H]3[C@H](C4CCCCC4)CCN3C(=O)C3CCC(C(N)CF)CC3)ccc2n1C. The Bertz CT molecular complexity index is 1240. The van der Waals surface area contributed by atoms with Crippen LogP contribution in [0.4, 0.5) is 4.39 Å². The fraction of sp³-hybridized carbons (Fsp3) is 0.667. The molecular weight excluding hydrogens is 521 g/mol. The van der Waals surface area contributed by atoms with Gasteiger partial charge >= 0.3 is 5.97 Å². The van der Waals surface area contributed by atoms with Crippen LogP contribution in [0.1, 0.15) is 87.2 Å². The van der Waals surface area contributed by atoms with Gasteiger partial charge in [0, 0.05) is 42.9 Å². The average molecular weight is 568 g/mol. The molecule has 2 N–H and O–H groups in total. The fourth-order valence-electron chi connectivity index (χ4n) is 7.90. The van der Waals surface area contributed by atoms with E-state index in [0.29, 0.717) is 24.8 Å². The Morgan fingerprint density at radius 3 is 2.44 bits per heavy atom. The van der Waals surface area contributed by atoms with E-state index in [1.165, 1.54) is 19.3 Å². The van der Waals surface area contributed by atoms with Crippen molar-refractivity contribution in [3.8, 4) is 0 Å². The summed E-state index contributed by atoms with van der Waals surface area (Å²) in [5, 5.41) is 0.896. The molecule has 1 aromatic heterocycles. The van der Waals surface area contributed by atoms with Crippen molar-refractivity contribution in [3.05, 3.63) is 35.5 Å². The summed E-state index contributed by atoms with van der Waals surface area (Å²) in [4.78, 5) is 42.3. The molecule has 0 radical (unpaired) electrons. The lowest BCUT2D eigenvalue weighted by Crippen LogP contribution is -2.48. The number of nitrogens with zero attached hydrogens (tertiary/aromatic N) is 2. The summed E-state index contributed by atoms with van der Waals surface area (Å²) in [5.74, 6) is 0.566. The lowest BCUT2D eigenvalue weighted by Gasteiger charge is -2.37. The van der Waals surface area contributed by atoms with Crippen molar-refractivity contribution in [2.45, 2.75) is 89.6 Å². The van der Waals surface area contributed by atoms with Crippen molar-refractivity contribution >= 4 is 28.6 Å². The van der Waals surface area contributed by atoms with Gasteiger partial charge in [-0.05, 0) is 80.5 Å². The van der Waals surface area contributed by atoms with Crippen molar-refractivity contribution in [2.75, 3.05) is 19.8 Å². The van der Waals surface area contributed by atoms with Gasteiger partial charge in [-0.25, -0.2) is 9.18 Å². The number of Topliss-reactive ketones (excluding diaryl/α,β-unsaturated/α-hetero) is 1. The summed E-state index contributed by atoms with van der Waals surface area (Å²) < 4.78 is 20.2. The van der Waals surface area contributed by atoms with Gasteiger partial charge in [0.05, 0.1) is 12.6 Å². The molecule has 224 valence electrons. The number of hydrogen-bond donors (Lipinski definition) is 1. The summed E-state index contributed by atoms with van der Waals surface area (Å²) in [7, 11) is 1.84. The Morgan fingerprint density at radius 1 is 1.02 bits per heavy atom. The number of amides is 1. The lowest BCUT2D eigenvalue weighted by atomic mass is 9.75. The molecule has 2 heterocycles. The number of alkyl halides is 1. The zero-order valence-corrected chi connectivity index (χ0v) is 24.7. The number of hydrogen-bond acceptors (Lipinski definition) is 5. The summed E-state index contributed by atoms with van der Waals surface area (Å²) in [6, 6.07) is 6.89. The van der Waals surface area contributed by atoms with E-state index in [0.717, 1.165) is 61.4 Å². The number of aromatic nitrogens is 1. The molecule has 2 aromatic rings. The van der Waals surface area contributed by atoms with Crippen molar-refractivity contribution in [3.63, 3.8) is 0 Å². The first kappa shape index (κ1) is 29.7. The molecule has 7 nitrogen and oxygen atoms in total. The first-order valence-corrected chi connectivity index (χ1v) is 15.7. The molecule has 3 atom stereocenters. The highest BCUT2D eigenvalue weighted by Gasteiger charge is 2.46. The van der Waals surface area contributed by atoms with Crippen LogP contribution < -0.4 is 5.73 Å². The predicted molar refractivity (Wildman–Crippen MR) is 157 cm³/mol. The smallest absolute Gasteiger partial charge is 0.354 e. The standard InChI is InChI=1S/C33H46FN3O4/c1-3-41-33(40)29-19-25-17-21(9-14-28(25)36(29)2)18-30(38)31-26(22-7-5-4-6-8-22)15-16-37(31)32(39)24-12-10-23(11-13-24)27(35)20-34/h9,14,17,19,22-24,26-27,31H,3-8,10-13,15-16,18,20,35H2,1-2H3/t23?,24?,26-,27?,31-/m0/s1. The molecule has 8 heteroatoms. The van der Waals surface area contributed by atoms with Gasteiger partial charge in [-0.15, -0.1) is 0 Å². The van der Waals surface area contributed by atoms with Crippen LogP contribution in [-0.4, -0.2) is 59.0 Å². The third-order valence-electron chi connectivity index (χ3n) is 10.2. The minimum Gasteiger partial charge on any atom is -0.461 e. The number of esters is 1. The number of ether oxygens (including phenoxy) is 1. The van der Waals surface area contributed by atoms with Gasteiger partial charge in [0.2, 0.25) is 5.91 Å². The van der Waals surface area contributed by atoms with Crippen LogP contribution in [0.25, 0.3) is 10.9 Å². The highest BCUT2D eigenvalue weighted by atomic mass is 19.1. The maximum Gasteiger partial charge on any atom is 0.354 e. The number of nitrogens with two attached hydrogens (primary N) is 1. The zero-order valence-electron chi connectivity index (χ0n) is 24.7. The van der Waals surface area contributed by atoms with Crippen LogP contribution in [0.2, 0.25) is 0 Å². The van der Waals surface area contributed by atoms with Gasteiger partial charge in [-0.2, -0.15) is 0 Å². The summed E-state index contributed by atoms with van der Waals surface area (Å²) >= 11 is 0. The van der Waals surface area contributed by atoms with Crippen molar-refractivity contribution in [2.24, 2.45) is 36.5 Å². The second-order valence-electron chi connectivity index (χ2n) is 12.6. The Kier molecular flexibility index (Phi) is 9.47. The minimum absolute atomic E-state index is 0.103. The molecular formula is C33H46FN3O4. The summed E-state index contributed by atoms with van der Waals surface area (Å²) in [6.07, 6.45) is 10.0. The number of ketones is 1. The van der Waals surface area contributed by atoms with Gasteiger partial charge in [0.25, 0.3) is 0 Å². The lowest BCUT2D eigenvalue weighted by molar-refractivity contribution is -0.143. The number of fused-ring (bicyclic) bond motifs is 1. The quantitative estimate of drug-likeness (QED) is 0.412. The Labute approximate surface area is 243 Å². The highest BCUT2D eigenvalue weighted by Crippen LogP contribution is 2.41. The maximum absolute atomic E-state index is 14.1. The number of halogens is 1. The molecule has 3 aliphatic rings. The highest BCUT2D eigenvalue weighted by molar-refractivity contribution is 5.97. The van der Waals surface area contributed by atoms with E-state index in [1.54, 1.807) is 6.92 Å². The molecule has 0 bridgehead atoms.